The molecule has 3 N–H and O–H groups in total. The number of nitrogens with one attached hydrogen (secondary N) is 2. The standard InChI is InChI=1S/C23H24F2N4O3/c24-17-11-12-20(25)19(15-17)21-27-29(22(30)28-31)23(32-21,16-7-2-1-3-8-16)13-6-14-26-18-9-4-5-10-18/h1-4,7-9,11-12,15,18,26,31H,5-6,10,13-14H2,(H,28,30). The van der Waals surface area contributed by atoms with Crippen molar-refractivity contribution in [3.63, 3.8) is 0 Å². The molecule has 2 aliphatic rings. The van der Waals surface area contributed by atoms with Gasteiger partial charge in [-0.25, -0.2) is 19.1 Å². The Morgan fingerprint density at radius 2 is 2.06 bits per heavy atom. The van der Waals surface area contributed by atoms with Gasteiger partial charge in [-0.15, -0.1) is 5.10 Å². The fraction of sp³-hybridized carbons (Fsp3) is 0.304. The number of halogens is 2. The van der Waals surface area contributed by atoms with E-state index in [9.17, 15) is 18.8 Å². The average Bonchev–Trinajstić information content (AvgIpc) is 3.47. The third-order valence-electron chi connectivity index (χ3n) is 5.58. The average molecular weight is 442 g/mol. The minimum Gasteiger partial charge on any atom is -0.443 e. The molecule has 2 atom stereocenters. The molecule has 7 nitrogen and oxygen atoms in total. The third-order valence-corrected chi connectivity index (χ3v) is 5.58. The second-order valence-corrected chi connectivity index (χ2v) is 7.68. The first-order valence-corrected chi connectivity index (χ1v) is 10.5. The van der Waals surface area contributed by atoms with Gasteiger partial charge in [0.1, 0.15) is 11.6 Å². The summed E-state index contributed by atoms with van der Waals surface area (Å²) in [6.07, 6.45) is 7.20. The number of nitrogens with zero attached hydrogens (tertiary/aromatic N) is 2. The van der Waals surface area contributed by atoms with Gasteiger partial charge in [0.25, 0.3) is 0 Å². The fourth-order valence-electron chi connectivity index (χ4n) is 4.02. The Morgan fingerprint density at radius 3 is 2.78 bits per heavy atom. The maximum atomic E-state index is 14.5. The van der Waals surface area contributed by atoms with E-state index in [4.69, 9.17) is 4.74 Å². The molecule has 2 aromatic carbocycles. The van der Waals surface area contributed by atoms with Crippen molar-refractivity contribution in [3.05, 3.63) is 83.4 Å². The van der Waals surface area contributed by atoms with Crippen molar-refractivity contribution in [2.75, 3.05) is 6.54 Å². The number of urea groups is 1. The van der Waals surface area contributed by atoms with Gasteiger partial charge in [0.2, 0.25) is 11.6 Å². The number of rotatable bonds is 7. The minimum atomic E-state index is -1.45. The van der Waals surface area contributed by atoms with Crippen molar-refractivity contribution in [3.8, 4) is 0 Å². The molecular weight excluding hydrogens is 418 g/mol. The normalized spacial score (nSPS) is 22.0. The Kier molecular flexibility index (Phi) is 6.48. The zero-order chi connectivity index (χ0) is 22.6. The number of hydrazone groups is 1. The zero-order valence-electron chi connectivity index (χ0n) is 17.3. The molecule has 0 radical (unpaired) electrons. The first kappa shape index (κ1) is 21.9. The zero-order valence-corrected chi connectivity index (χ0v) is 17.3. The van der Waals surface area contributed by atoms with Crippen molar-refractivity contribution in [1.29, 1.82) is 0 Å². The molecule has 4 rings (SSSR count). The number of benzene rings is 2. The molecule has 0 saturated heterocycles. The van der Waals surface area contributed by atoms with Crippen molar-refractivity contribution < 1.29 is 23.5 Å². The lowest BCUT2D eigenvalue weighted by Gasteiger charge is -2.35. The second kappa shape index (κ2) is 9.46. The number of hydroxylamine groups is 1. The highest BCUT2D eigenvalue weighted by molar-refractivity contribution is 5.97. The van der Waals surface area contributed by atoms with Crippen molar-refractivity contribution in [2.24, 2.45) is 5.10 Å². The molecule has 2 amide bonds. The molecule has 32 heavy (non-hydrogen) atoms. The number of ether oxygens (including phenoxy) is 1. The largest absolute Gasteiger partial charge is 0.443 e. The van der Waals surface area contributed by atoms with Crippen LogP contribution in [0, 0.1) is 11.6 Å². The summed E-state index contributed by atoms with van der Waals surface area (Å²) >= 11 is 0. The quantitative estimate of drug-likeness (QED) is 0.262. The van der Waals surface area contributed by atoms with Gasteiger partial charge in [0.15, 0.2) is 0 Å². The van der Waals surface area contributed by atoms with E-state index in [0.717, 1.165) is 36.0 Å². The molecule has 0 fully saturated rings. The Balaban J connectivity index is 1.66. The van der Waals surface area contributed by atoms with Crippen LogP contribution in [-0.4, -0.2) is 34.7 Å². The number of carbonyl (C=O) groups excluding carboxylic acids is 1. The van der Waals surface area contributed by atoms with E-state index >= 15 is 0 Å². The Bertz CT molecular complexity index is 1030. The maximum Gasteiger partial charge on any atom is 0.365 e. The van der Waals surface area contributed by atoms with Gasteiger partial charge in [-0.3, -0.25) is 5.21 Å². The first-order valence-electron chi connectivity index (χ1n) is 10.5. The van der Waals surface area contributed by atoms with E-state index in [2.05, 4.69) is 22.6 Å². The van der Waals surface area contributed by atoms with Crippen molar-refractivity contribution in [2.45, 2.75) is 37.5 Å². The Hall–Kier alpha value is -3.30. The van der Waals surface area contributed by atoms with Crippen LogP contribution in [0.2, 0.25) is 0 Å². The summed E-state index contributed by atoms with van der Waals surface area (Å²) in [5, 5.41) is 17.8. The summed E-state index contributed by atoms with van der Waals surface area (Å²) in [6, 6.07) is 11.1. The molecule has 0 bridgehead atoms. The molecule has 9 heteroatoms. The molecule has 2 aromatic rings. The number of amides is 2. The number of hydrogen-bond acceptors (Lipinski definition) is 5. The second-order valence-electron chi connectivity index (χ2n) is 7.68. The van der Waals surface area contributed by atoms with E-state index in [1.54, 1.807) is 29.7 Å². The number of hydrogen-bond donors (Lipinski definition) is 3. The van der Waals surface area contributed by atoms with Gasteiger partial charge < -0.3 is 10.1 Å². The lowest BCUT2D eigenvalue weighted by Crippen LogP contribution is -2.48. The molecule has 1 aliphatic heterocycles. The molecule has 1 aliphatic carbocycles. The molecule has 0 saturated carbocycles. The molecule has 1 heterocycles. The summed E-state index contributed by atoms with van der Waals surface area (Å²) < 4.78 is 34.4. The van der Waals surface area contributed by atoms with Gasteiger partial charge in [-0.2, -0.15) is 5.01 Å². The predicted molar refractivity (Wildman–Crippen MR) is 114 cm³/mol. The van der Waals surface area contributed by atoms with Crippen LogP contribution in [0.4, 0.5) is 13.6 Å². The number of carbonyl (C=O) groups is 1. The summed E-state index contributed by atoms with van der Waals surface area (Å²) in [6.45, 7) is 0.644. The highest BCUT2D eigenvalue weighted by Gasteiger charge is 2.50. The fourth-order valence-corrected chi connectivity index (χ4v) is 4.02. The summed E-state index contributed by atoms with van der Waals surface area (Å²) in [7, 11) is 0. The lowest BCUT2D eigenvalue weighted by atomic mass is 9.96. The smallest absolute Gasteiger partial charge is 0.365 e. The van der Waals surface area contributed by atoms with Gasteiger partial charge in [0, 0.05) is 18.0 Å². The van der Waals surface area contributed by atoms with Gasteiger partial charge in [0.05, 0.1) is 5.56 Å². The molecule has 0 spiro atoms. The molecule has 2 unspecified atom stereocenters. The SMILES string of the molecule is O=C(NO)N1N=C(c2cc(F)ccc2F)OC1(CCCNC1C=CCC1)c1ccccc1. The van der Waals surface area contributed by atoms with Gasteiger partial charge in [-0.05, 0) is 44.0 Å². The van der Waals surface area contributed by atoms with E-state index in [1.807, 2.05) is 6.07 Å². The highest BCUT2D eigenvalue weighted by Crippen LogP contribution is 2.41. The van der Waals surface area contributed by atoms with Crippen LogP contribution in [0.15, 0.2) is 65.8 Å². The van der Waals surface area contributed by atoms with Crippen LogP contribution in [0.1, 0.15) is 36.8 Å². The van der Waals surface area contributed by atoms with E-state index in [0.29, 0.717) is 24.6 Å². The maximum absolute atomic E-state index is 14.5. The monoisotopic (exact) mass is 442 g/mol. The van der Waals surface area contributed by atoms with Gasteiger partial charge >= 0.3 is 6.03 Å². The molecular formula is C23H24F2N4O3. The summed E-state index contributed by atoms with van der Waals surface area (Å²) in [4.78, 5) is 12.6. The first-order chi connectivity index (χ1) is 15.5. The highest BCUT2D eigenvalue weighted by atomic mass is 19.1. The minimum absolute atomic E-state index is 0.215. The predicted octanol–water partition coefficient (Wildman–Crippen LogP) is 4.00. The van der Waals surface area contributed by atoms with Crippen LogP contribution in [0.25, 0.3) is 0 Å². The van der Waals surface area contributed by atoms with Crippen molar-refractivity contribution >= 4 is 11.9 Å². The lowest BCUT2D eigenvalue weighted by molar-refractivity contribution is -0.0584. The van der Waals surface area contributed by atoms with Crippen molar-refractivity contribution in [1.82, 2.24) is 15.8 Å². The Morgan fingerprint density at radius 1 is 1.25 bits per heavy atom. The van der Waals surface area contributed by atoms with Crippen LogP contribution < -0.4 is 10.8 Å². The van der Waals surface area contributed by atoms with Gasteiger partial charge in [-0.1, -0.05) is 42.5 Å². The van der Waals surface area contributed by atoms with Crippen LogP contribution in [0.5, 0.6) is 0 Å². The summed E-state index contributed by atoms with van der Waals surface area (Å²) in [5.41, 5.74) is 0.491. The van der Waals surface area contributed by atoms with E-state index in [1.165, 1.54) is 0 Å². The molecule has 168 valence electrons. The Labute approximate surface area is 184 Å². The molecule has 0 aromatic heterocycles. The topological polar surface area (TPSA) is 86.2 Å². The van der Waals surface area contributed by atoms with Crippen LogP contribution in [0.3, 0.4) is 0 Å². The third kappa shape index (κ3) is 4.35. The number of allylic oxidation sites excluding steroid dienone is 1. The van der Waals surface area contributed by atoms with E-state index < -0.39 is 23.4 Å². The van der Waals surface area contributed by atoms with Crippen LogP contribution >= 0.6 is 0 Å². The van der Waals surface area contributed by atoms with Crippen LogP contribution in [-0.2, 0) is 10.5 Å². The summed E-state index contributed by atoms with van der Waals surface area (Å²) in [5.74, 6) is -1.66. The van der Waals surface area contributed by atoms with E-state index in [-0.39, 0.29) is 17.9 Å².